The quantitative estimate of drug-likeness (QED) is 0.895. The number of anilines is 1. The van der Waals surface area contributed by atoms with Crippen molar-refractivity contribution in [2.75, 3.05) is 5.32 Å². The van der Waals surface area contributed by atoms with E-state index in [4.69, 9.17) is 0 Å². The maximum Gasteiger partial charge on any atom is 0.293 e. The molecule has 1 saturated carbocycles. The number of nitrogens with one attached hydrogen (secondary N) is 1. The second-order valence-electron chi connectivity index (χ2n) is 5.80. The first-order chi connectivity index (χ1) is 8.54. The van der Waals surface area contributed by atoms with Gasteiger partial charge in [0.2, 0.25) is 0 Å². The highest BCUT2D eigenvalue weighted by Crippen LogP contribution is 2.36. The van der Waals surface area contributed by atoms with Gasteiger partial charge in [-0.15, -0.1) is 0 Å². The Morgan fingerprint density at radius 1 is 1.50 bits per heavy atom. The van der Waals surface area contributed by atoms with Crippen molar-refractivity contribution in [3.63, 3.8) is 0 Å². The summed E-state index contributed by atoms with van der Waals surface area (Å²) in [7, 11) is 0. The van der Waals surface area contributed by atoms with Crippen molar-refractivity contribution in [1.82, 2.24) is 9.55 Å². The largest absolute Gasteiger partial charge is 0.362 e. The second-order valence-corrected chi connectivity index (χ2v) is 5.80. The van der Waals surface area contributed by atoms with E-state index in [9.17, 15) is 4.79 Å². The lowest BCUT2D eigenvalue weighted by molar-refractivity contribution is 0.216. The minimum atomic E-state index is -0.0126. The Hall–Kier alpha value is -1.32. The van der Waals surface area contributed by atoms with Gasteiger partial charge in [0.15, 0.2) is 5.82 Å². The monoisotopic (exact) mass is 249 g/mol. The van der Waals surface area contributed by atoms with Crippen molar-refractivity contribution < 1.29 is 0 Å². The summed E-state index contributed by atoms with van der Waals surface area (Å²) in [6, 6.07) is 0.346. The molecule has 1 aromatic heterocycles. The zero-order valence-electron chi connectivity index (χ0n) is 11.6. The van der Waals surface area contributed by atoms with Crippen molar-refractivity contribution in [3.05, 3.63) is 22.7 Å². The lowest BCUT2D eigenvalue weighted by Gasteiger charge is -2.39. The van der Waals surface area contributed by atoms with Crippen molar-refractivity contribution in [3.8, 4) is 0 Å². The molecule has 1 unspecified atom stereocenters. The summed E-state index contributed by atoms with van der Waals surface area (Å²) in [5.41, 5.74) is 0.223. The van der Waals surface area contributed by atoms with Gasteiger partial charge in [-0.25, -0.2) is 4.98 Å². The first kappa shape index (κ1) is 13.1. The highest BCUT2D eigenvalue weighted by atomic mass is 16.1. The van der Waals surface area contributed by atoms with E-state index in [-0.39, 0.29) is 11.0 Å². The van der Waals surface area contributed by atoms with Crippen LogP contribution in [-0.2, 0) is 6.54 Å². The Bertz CT molecular complexity index is 464. The summed E-state index contributed by atoms with van der Waals surface area (Å²) >= 11 is 0. The average Bonchev–Trinajstić information content (AvgIpc) is 2.34. The maximum absolute atomic E-state index is 12.1. The van der Waals surface area contributed by atoms with Crippen LogP contribution in [0.3, 0.4) is 0 Å². The first-order valence-electron chi connectivity index (χ1n) is 6.86. The van der Waals surface area contributed by atoms with Crippen LogP contribution in [0.4, 0.5) is 5.82 Å². The van der Waals surface area contributed by atoms with E-state index in [0.29, 0.717) is 18.4 Å². The Balaban J connectivity index is 2.21. The van der Waals surface area contributed by atoms with Gasteiger partial charge in [-0.05, 0) is 25.2 Å². The number of aromatic nitrogens is 2. The number of nitrogens with zero attached hydrogens (tertiary/aromatic N) is 2. The minimum Gasteiger partial charge on any atom is -0.362 e. The Morgan fingerprint density at radius 3 is 2.94 bits per heavy atom. The molecule has 1 aromatic rings. The number of hydrogen-bond acceptors (Lipinski definition) is 3. The topological polar surface area (TPSA) is 46.9 Å². The fourth-order valence-electron chi connectivity index (χ4n) is 2.72. The van der Waals surface area contributed by atoms with Crippen LogP contribution in [-0.4, -0.2) is 15.6 Å². The van der Waals surface area contributed by atoms with Gasteiger partial charge in [0.05, 0.1) is 0 Å². The smallest absolute Gasteiger partial charge is 0.293 e. The highest BCUT2D eigenvalue weighted by molar-refractivity contribution is 5.33. The molecule has 1 heterocycles. The van der Waals surface area contributed by atoms with Crippen LogP contribution in [0.15, 0.2) is 17.2 Å². The van der Waals surface area contributed by atoms with Gasteiger partial charge in [-0.1, -0.05) is 26.7 Å². The molecule has 0 spiro atoms. The van der Waals surface area contributed by atoms with Gasteiger partial charge in [0.25, 0.3) is 5.56 Å². The molecule has 0 bridgehead atoms. The van der Waals surface area contributed by atoms with E-state index in [1.807, 2.05) is 6.92 Å². The second kappa shape index (κ2) is 5.12. The Morgan fingerprint density at radius 2 is 2.28 bits per heavy atom. The summed E-state index contributed by atoms with van der Waals surface area (Å²) in [4.78, 5) is 16.3. The zero-order valence-corrected chi connectivity index (χ0v) is 11.6. The fraction of sp³-hybridized carbons (Fsp3) is 0.714. The van der Waals surface area contributed by atoms with Gasteiger partial charge in [0.1, 0.15) is 0 Å². The molecule has 1 atom stereocenters. The molecular formula is C14H23N3O. The van der Waals surface area contributed by atoms with Crippen molar-refractivity contribution in [1.29, 1.82) is 0 Å². The van der Waals surface area contributed by atoms with Gasteiger partial charge < -0.3 is 9.88 Å². The van der Waals surface area contributed by atoms with Crippen LogP contribution in [0.5, 0.6) is 0 Å². The van der Waals surface area contributed by atoms with Crippen LogP contribution < -0.4 is 10.9 Å². The molecule has 0 saturated heterocycles. The molecule has 0 aromatic carbocycles. The van der Waals surface area contributed by atoms with Crippen LogP contribution in [0.1, 0.15) is 46.5 Å². The fourth-order valence-corrected chi connectivity index (χ4v) is 2.72. The summed E-state index contributed by atoms with van der Waals surface area (Å²) in [6.07, 6.45) is 8.28. The van der Waals surface area contributed by atoms with Crippen LogP contribution in [0, 0.1) is 5.41 Å². The van der Waals surface area contributed by atoms with E-state index < -0.39 is 0 Å². The third-order valence-corrected chi connectivity index (χ3v) is 4.07. The predicted octanol–water partition coefficient (Wildman–Crippen LogP) is 2.64. The standard InChI is InChI=1S/C14H23N3O/c1-4-17-10-9-15-12(13(17)18)16-11-7-5-6-8-14(11,2)3/h9-11H,4-8H2,1-3H3,(H,15,16). The van der Waals surface area contributed by atoms with E-state index in [2.05, 4.69) is 24.1 Å². The molecular weight excluding hydrogens is 226 g/mol. The van der Waals surface area contributed by atoms with Crippen LogP contribution in [0.2, 0.25) is 0 Å². The summed E-state index contributed by atoms with van der Waals surface area (Å²) < 4.78 is 1.69. The molecule has 0 amide bonds. The van der Waals surface area contributed by atoms with Crippen molar-refractivity contribution in [2.24, 2.45) is 5.41 Å². The minimum absolute atomic E-state index is 0.0126. The van der Waals surface area contributed by atoms with Crippen molar-refractivity contribution in [2.45, 2.75) is 59.0 Å². The lowest BCUT2D eigenvalue weighted by Crippen LogP contribution is -2.41. The summed E-state index contributed by atoms with van der Waals surface area (Å²) in [5, 5.41) is 3.37. The third-order valence-electron chi connectivity index (χ3n) is 4.07. The van der Waals surface area contributed by atoms with E-state index in [0.717, 1.165) is 6.42 Å². The molecule has 1 N–H and O–H groups in total. The lowest BCUT2D eigenvalue weighted by atomic mass is 9.73. The number of aryl methyl sites for hydroxylation is 1. The van der Waals surface area contributed by atoms with Crippen LogP contribution in [0.25, 0.3) is 0 Å². The Kier molecular flexibility index (Phi) is 3.73. The molecule has 4 nitrogen and oxygen atoms in total. The van der Waals surface area contributed by atoms with E-state index in [1.54, 1.807) is 17.0 Å². The van der Waals surface area contributed by atoms with Crippen molar-refractivity contribution >= 4 is 5.82 Å². The highest BCUT2D eigenvalue weighted by Gasteiger charge is 2.32. The van der Waals surface area contributed by atoms with E-state index in [1.165, 1.54) is 19.3 Å². The molecule has 0 radical (unpaired) electrons. The molecule has 2 rings (SSSR count). The molecule has 100 valence electrons. The predicted molar refractivity (Wildman–Crippen MR) is 73.8 cm³/mol. The SMILES string of the molecule is CCn1ccnc(NC2CCCCC2(C)C)c1=O. The normalized spacial score (nSPS) is 22.7. The Labute approximate surface area is 108 Å². The molecule has 1 aliphatic carbocycles. The zero-order chi connectivity index (χ0) is 13.2. The molecule has 4 heteroatoms. The van der Waals surface area contributed by atoms with Gasteiger partial charge in [0, 0.05) is 25.0 Å². The first-order valence-corrected chi connectivity index (χ1v) is 6.86. The van der Waals surface area contributed by atoms with Gasteiger partial charge >= 0.3 is 0 Å². The molecule has 1 fully saturated rings. The number of rotatable bonds is 3. The molecule has 18 heavy (non-hydrogen) atoms. The van der Waals surface area contributed by atoms with Gasteiger partial charge in [-0.3, -0.25) is 4.79 Å². The molecule has 1 aliphatic rings. The average molecular weight is 249 g/mol. The maximum atomic E-state index is 12.1. The summed E-state index contributed by atoms with van der Waals surface area (Å²) in [5.74, 6) is 0.499. The third kappa shape index (κ3) is 2.57. The molecule has 0 aliphatic heterocycles. The van der Waals surface area contributed by atoms with Gasteiger partial charge in [-0.2, -0.15) is 0 Å². The van der Waals surface area contributed by atoms with Crippen LogP contribution >= 0.6 is 0 Å². The van der Waals surface area contributed by atoms with E-state index >= 15 is 0 Å². The summed E-state index contributed by atoms with van der Waals surface area (Å²) in [6.45, 7) is 7.19. The number of hydrogen-bond donors (Lipinski definition) is 1.